The molecule has 0 bridgehead atoms. The first-order valence-electron chi connectivity index (χ1n) is 10.6. The van der Waals surface area contributed by atoms with E-state index in [0.717, 1.165) is 31.3 Å². The number of hydrogen-bond donors (Lipinski definition) is 0. The van der Waals surface area contributed by atoms with E-state index in [-0.39, 0.29) is 40.8 Å². The Morgan fingerprint density at radius 1 is 1.24 bits per heavy atom. The van der Waals surface area contributed by atoms with Crippen LogP contribution in [0, 0.1) is 34.5 Å². The zero-order valence-electron chi connectivity index (χ0n) is 17.4. The van der Waals surface area contributed by atoms with Gasteiger partial charge in [-0.05, 0) is 72.5 Å². The van der Waals surface area contributed by atoms with Gasteiger partial charge < -0.3 is 4.74 Å². The molecule has 6 atom stereocenters. The van der Waals surface area contributed by atoms with E-state index >= 15 is 0 Å². The highest BCUT2D eigenvalue weighted by atomic mass is 35.5. The van der Waals surface area contributed by atoms with Crippen molar-refractivity contribution in [1.29, 1.82) is 0 Å². The lowest BCUT2D eigenvalue weighted by molar-refractivity contribution is -0.148. The van der Waals surface area contributed by atoms with E-state index in [0.29, 0.717) is 28.9 Å². The summed E-state index contributed by atoms with van der Waals surface area (Å²) in [7, 11) is 0. The second kappa shape index (κ2) is 6.94. The lowest BCUT2D eigenvalue weighted by atomic mass is 9.48. The Bertz CT molecular complexity index is 868. The molecule has 0 aromatic rings. The van der Waals surface area contributed by atoms with E-state index in [1.807, 2.05) is 0 Å². The van der Waals surface area contributed by atoms with Crippen LogP contribution in [0.4, 0.5) is 0 Å². The quantitative estimate of drug-likeness (QED) is 0.491. The number of ketones is 2. The fraction of sp³-hybridized carbons (Fsp3) is 0.625. The third-order valence-corrected chi connectivity index (χ3v) is 8.70. The van der Waals surface area contributed by atoms with Gasteiger partial charge in [-0.25, -0.2) is 0 Å². The van der Waals surface area contributed by atoms with Crippen LogP contribution in [-0.2, 0) is 19.1 Å². The summed E-state index contributed by atoms with van der Waals surface area (Å²) in [4.78, 5) is 36.2. The number of esters is 1. The van der Waals surface area contributed by atoms with Crippen molar-refractivity contribution < 1.29 is 19.1 Å². The zero-order chi connectivity index (χ0) is 21.1. The Kier molecular flexibility index (Phi) is 4.92. The first-order chi connectivity index (χ1) is 13.6. The molecule has 0 saturated heterocycles. The van der Waals surface area contributed by atoms with Crippen LogP contribution in [0.1, 0.15) is 52.9 Å². The number of allylic oxidation sites excluding steroid dienone is 5. The van der Waals surface area contributed by atoms with Crippen molar-refractivity contribution in [1.82, 2.24) is 0 Å². The van der Waals surface area contributed by atoms with Gasteiger partial charge in [-0.1, -0.05) is 38.1 Å². The highest BCUT2D eigenvalue weighted by Crippen LogP contribution is 2.66. The molecule has 4 nitrogen and oxygen atoms in total. The predicted molar refractivity (Wildman–Crippen MR) is 111 cm³/mol. The summed E-state index contributed by atoms with van der Waals surface area (Å²) in [6, 6.07) is 0. The lowest BCUT2D eigenvalue weighted by Crippen LogP contribution is -2.50. The molecule has 0 aromatic carbocycles. The molecular formula is C24H29ClO4. The fourth-order valence-electron chi connectivity index (χ4n) is 6.93. The Hall–Kier alpha value is -1.68. The summed E-state index contributed by atoms with van der Waals surface area (Å²) in [5.74, 6) is 0.580. The van der Waals surface area contributed by atoms with Crippen LogP contribution in [0.3, 0.4) is 0 Å². The molecule has 0 N–H and O–H groups in total. The van der Waals surface area contributed by atoms with Gasteiger partial charge in [0, 0.05) is 23.3 Å². The van der Waals surface area contributed by atoms with Gasteiger partial charge in [0.15, 0.2) is 11.6 Å². The first kappa shape index (κ1) is 20.6. The van der Waals surface area contributed by atoms with Crippen LogP contribution in [0.25, 0.3) is 0 Å². The minimum atomic E-state index is -0.414. The molecule has 4 aliphatic carbocycles. The molecule has 5 heteroatoms. The maximum Gasteiger partial charge on any atom is 0.303 e. The maximum absolute atomic E-state index is 12.8. The number of rotatable bonds is 3. The van der Waals surface area contributed by atoms with Crippen LogP contribution in [0.15, 0.2) is 34.9 Å². The minimum absolute atomic E-state index is 0.0138. The van der Waals surface area contributed by atoms with Gasteiger partial charge in [0.05, 0.1) is 0 Å². The Labute approximate surface area is 177 Å². The second-order valence-corrected chi connectivity index (χ2v) is 10.3. The molecule has 2 fully saturated rings. The lowest BCUT2D eigenvalue weighted by Gasteiger charge is -2.56. The van der Waals surface area contributed by atoms with Crippen molar-refractivity contribution in [2.45, 2.75) is 52.9 Å². The number of carbonyl (C=O) groups excluding carboxylic acids is 3. The van der Waals surface area contributed by atoms with Gasteiger partial charge >= 0.3 is 5.97 Å². The van der Waals surface area contributed by atoms with E-state index in [2.05, 4.69) is 26.5 Å². The third kappa shape index (κ3) is 3.06. The van der Waals surface area contributed by atoms with Crippen LogP contribution in [-0.4, -0.2) is 24.1 Å². The van der Waals surface area contributed by atoms with Crippen LogP contribution in [0.2, 0.25) is 0 Å². The molecule has 0 aromatic heterocycles. The molecule has 2 saturated carbocycles. The zero-order valence-corrected chi connectivity index (χ0v) is 18.2. The van der Waals surface area contributed by atoms with Crippen molar-refractivity contribution in [3.63, 3.8) is 0 Å². The molecule has 0 radical (unpaired) electrons. The molecule has 0 amide bonds. The van der Waals surface area contributed by atoms with Gasteiger partial charge in [0.1, 0.15) is 6.61 Å². The van der Waals surface area contributed by atoms with Crippen molar-refractivity contribution in [3.8, 4) is 0 Å². The number of carbonyl (C=O) groups is 3. The van der Waals surface area contributed by atoms with Gasteiger partial charge in [0.2, 0.25) is 0 Å². The van der Waals surface area contributed by atoms with Crippen molar-refractivity contribution >= 4 is 29.1 Å². The van der Waals surface area contributed by atoms with Crippen LogP contribution < -0.4 is 0 Å². The molecule has 156 valence electrons. The Balaban J connectivity index is 1.66. The maximum atomic E-state index is 12.8. The molecule has 0 spiro atoms. The first-order valence-corrected chi connectivity index (χ1v) is 10.9. The molecule has 0 aliphatic heterocycles. The smallest absolute Gasteiger partial charge is 0.303 e. The Morgan fingerprint density at radius 3 is 2.66 bits per heavy atom. The van der Waals surface area contributed by atoms with E-state index in [1.54, 1.807) is 6.08 Å². The highest BCUT2D eigenvalue weighted by molar-refractivity contribution is 6.33. The topological polar surface area (TPSA) is 60.4 Å². The summed E-state index contributed by atoms with van der Waals surface area (Å²) in [6.07, 6.45) is 8.26. The van der Waals surface area contributed by atoms with E-state index in [4.69, 9.17) is 16.3 Å². The average Bonchev–Trinajstić information content (AvgIpc) is 2.99. The van der Waals surface area contributed by atoms with Gasteiger partial charge in [-0.15, -0.1) is 0 Å². The van der Waals surface area contributed by atoms with E-state index in [9.17, 15) is 14.4 Å². The van der Waals surface area contributed by atoms with Crippen LogP contribution >= 0.6 is 11.6 Å². The number of hydrogen-bond acceptors (Lipinski definition) is 4. The van der Waals surface area contributed by atoms with Crippen molar-refractivity contribution in [3.05, 3.63) is 34.9 Å². The SMILES string of the molecule is C=C1C[C@@]2(C)C(=CC1=O)C(Cl)=C[C@H]1[C@@H]3CC[C@H](C(=O)COC(C)=O)[C@@]3(C)CC[C@@H]12. The molecule has 29 heavy (non-hydrogen) atoms. The number of Topliss-reactive ketones (excluding diaryl/α,β-unsaturated/α-hetero) is 1. The highest BCUT2D eigenvalue weighted by Gasteiger charge is 2.60. The van der Waals surface area contributed by atoms with Crippen LogP contribution in [0.5, 0.6) is 0 Å². The van der Waals surface area contributed by atoms with Gasteiger partial charge in [0.25, 0.3) is 0 Å². The summed E-state index contributed by atoms with van der Waals surface area (Å²) < 4.78 is 5.00. The summed E-state index contributed by atoms with van der Waals surface area (Å²) >= 11 is 6.72. The van der Waals surface area contributed by atoms with Crippen molar-refractivity contribution in [2.24, 2.45) is 34.5 Å². The molecule has 4 aliphatic rings. The third-order valence-electron chi connectivity index (χ3n) is 8.37. The molecule has 4 rings (SSSR count). The van der Waals surface area contributed by atoms with Crippen molar-refractivity contribution in [2.75, 3.05) is 6.61 Å². The predicted octanol–water partition coefficient (Wildman–Crippen LogP) is 4.78. The summed E-state index contributed by atoms with van der Waals surface area (Å²) in [5, 5.41) is 0.688. The molecule has 0 heterocycles. The number of halogens is 1. The fourth-order valence-corrected chi connectivity index (χ4v) is 7.34. The largest absolute Gasteiger partial charge is 0.458 e. The average molecular weight is 417 g/mol. The minimum Gasteiger partial charge on any atom is -0.458 e. The second-order valence-electron chi connectivity index (χ2n) is 9.85. The van der Waals surface area contributed by atoms with Gasteiger partial charge in [-0.3, -0.25) is 14.4 Å². The summed E-state index contributed by atoms with van der Waals surface area (Å²) in [6.45, 7) is 9.67. The van der Waals surface area contributed by atoms with E-state index in [1.165, 1.54) is 6.92 Å². The standard InChI is InChI=1S/C24H29ClO4/c1-13-11-24(4)17-7-8-23(3)16(5-6-18(23)22(28)12-29-14(2)26)15(17)9-20(25)19(24)10-21(13)27/h9-10,15-18H,1,5-8,11-12H2,2-4H3/t15-,16-,17-,18+,23-,24+/m0/s1. The van der Waals surface area contributed by atoms with Gasteiger partial charge in [-0.2, -0.15) is 0 Å². The normalized spacial score (nSPS) is 41.0. The molecule has 0 unspecified atom stereocenters. The monoisotopic (exact) mass is 416 g/mol. The number of ether oxygens (including phenoxy) is 1. The van der Waals surface area contributed by atoms with E-state index < -0.39 is 5.97 Å². The number of fused-ring (bicyclic) bond motifs is 5. The Morgan fingerprint density at radius 2 is 1.97 bits per heavy atom. The summed E-state index contributed by atoms with van der Waals surface area (Å²) in [5.41, 5.74) is 1.34. The molecular weight excluding hydrogens is 388 g/mol.